The molecule has 0 heterocycles. The first-order valence-corrected chi connectivity index (χ1v) is 5.34. The van der Waals surface area contributed by atoms with Crippen LogP contribution >= 0.6 is 0 Å². The van der Waals surface area contributed by atoms with Gasteiger partial charge in [-0.25, -0.2) is 0 Å². The van der Waals surface area contributed by atoms with Crippen molar-refractivity contribution in [1.82, 2.24) is 0 Å². The molecule has 0 aliphatic heterocycles. The Hall–Kier alpha value is -0.330. The molecule has 3 unspecified atom stereocenters. The minimum atomic E-state index is 0.396. The lowest BCUT2D eigenvalue weighted by Crippen LogP contribution is -2.46. The van der Waals surface area contributed by atoms with Crippen LogP contribution in [-0.4, -0.2) is 5.78 Å². The van der Waals surface area contributed by atoms with Gasteiger partial charge in [-0.1, -0.05) is 32.6 Å². The topological polar surface area (TPSA) is 17.1 Å². The van der Waals surface area contributed by atoms with Gasteiger partial charge in [0.1, 0.15) is 5.78 Å². The summed E-state index contributed by atoms with van der Waals surface area (Å²) in [5.74, 6) is 2.19. The fourth-order valence-corrected chi connectivity index (χ4v) is 2.89. The first-order valence-electron chi connectivity index (χ1n) is 5.34. The molecule has 1 heteroatoms. The van der Waals surface area contributed by atoms with E-state index < -0.39 is 0 Å². The monoisotopic (exact) mass is 166 g/mol. The third-order valence-electron chi connectivity index (χ3n) is 3.78. The smallest absolute Gasteiger partial charge is 0.139 e. The standard InChI is InChI=1S/C11H18O/c1-8-9-6-4-2-3-5-7-10(9)11(8)12/h8-10H,2-7H2,1H3. The molecule has 12 heavy (non-hydrogen) atoms. The quantitative estimate of drug-likeness (QED) is 0.541. The zero-order valence-corrected chi connectivity index (χ0v) is 7.88. The molecule has 2 rings (SSSR count). The fourth-order valence-electron chi connectivity index (χ4n) is 2.89. The van der Waals surface area contributed by atoms with E-state index in [2.05, 4.69) is 6.92 Å². The van der Waals surface area contributed by atoms with E-state index in [0.717, 1.165) is 5.92 Å². The number of fused-ring (bicyclic) bond motifs is 1. The highest BCUT2D eigenvalue weighted by atomic mass is 16.1. The van der Waals surface area contributed by atoms with Crippen molar-refractivity contribution in [3.05, 3.63) is 0 Å². The van der Waals surface area contributed by atoms with Gasteiger partial charge in [0.2, 0.25) is 0 Å². The molecular formula is C11H18O. The van der Waals surface area contributed by atoms with E-state index in [0.29, 0.717) is 17.6 Å². The number of ketones is 1. The second-order valence-corrected chi connectivity index (χ2v) is 4.45. The Bertz CT molecular complexity index is 185. The fraction of sp³-hybridized carbons (Fsp3) is 0.909. The number of hydrogen-bond donors (Lipinski definition) is 0. The van der Waals surface area contributed by atoms with Gasteiger partial charge in [-0.3, -0.25) is 4.79 Å². The number of rotatable bonds is 0. The summed E-state index contributed by atoms with van der Waals surface area (Å²) in [6.07, 6.45) is 7.90. The normalized spacial score (nSPS) is 42.4. The van der Waals surface area contributed by atoms with Gasteiger partial charge >= 0.3 is 0 Å². The molecule has 0 aromatic carbocycles. The lowest BCUT2D eigenvalue weighted by atomic mass is 9.60. The van der Waals surface area contributed by atoms with Crippen LogP contribution in [0.15, 0.2) is 0 Å². The summed E-state index contributed by atoms with van der Waals surface area (Å²) in [5.41, 5.74) is 0. The van der Waals surface area contributed by atoms with Gasteiger partial charge in [0, 0.05) is 11.8 Å². The summed E-state index contributed by atoms with van der Waals surface area (Å²) in [7, 11) is 0. The molecule has 2 aliphatic rings. The molecular weight excluding hydrogens is 148 g/mol. The van der Waals surface area contributed by atoms with Crippen LogP contribution in [0.1, 0.15) is 45.4 Å². The maximum atomic E-state index is 11.5. The molecule has 1 nitrogen and oxygen atoms in total. The van der Waals surface area contributed by atoms with Crippen molar-refractivity contribution in [1.29, 1.82) is 0 Å². The molecule has 0 aromatic rings. The maximum Gasteiger partial charge on any atom is 0.139 e. The van der Waals surface area contributed by atoms with Gasteiger partial charge in [-0.2, -0.15) is 0 Å². The molecule has 68 valence electrons. The van der Waals surface area contributed by atoms with Crippen LogP contribution in [0.3, 0.4) is 0 Å². The first-order chi connectivity index (χ1) is 5.80. The number of carbonyl (C=O) groups excluding carboxylic acids is 1. The van der Waals surface area contributed by atoms with Gasteiger partial charge in [0.15, 0.2) is 0 Å². The zero-order chi connectivity index (χ0) is 8.55. The Kier molecular flexibility index (Phi) is 2.20. The molecule has 0 bridgehead atoms. The lowest BCUT2D eigenvalue weighted by Gasteiger charge is -2.42. The summed E-state index contributed by atoms with van der Waals surface area (Å²) >= 11 is 0. The molecule has 0 saturated heterocycles. The minimum Gasteiger partial charge on any atom is -0.299 e. The molecule has 0 N–H and O–H groups in total. The number of hydrogen-bond acceptors (Lipinski definition) is 1. The molecule has 2 fully saturated rings. The van der Waals surface area contributed by atoms with Crippen molar-refractivity contribution in [3.63, 3.8) is 0 Å². The third-order valence-corrected chi connectivity index (χ3v) is 3.78. The van der Waals surface area contributed by atoms with Crippen LogP contribution in [0.2, 0.25) is 0 Å². The van der Waals surface area contributed by atoms with E-state index in [4.69, 9.17) is 0 Å². The lowest BCUT2D eigenvalue weighted by molar-refractivity contribution is -0.143. The van der Waals surface area contributed by atoms with E-state index in [-0.39, 0.29) is 0 Å². The predicted molar refractivity (Wildman–Crippen MR) is 48.9 cm³/mol. The van der Waals surface area contributed by atoms with Gasteiger partial charge in [0.05, 0.1) is 0 Å². The van der Waals surface area contributed by atoms with E-state index in [1.807, 2.05) is 0 Å². The largest absolute Gasteiger partial charge is 0.299 e. The summed E-state index contributed by atoms with van der Waals surface area (Å²) in [6.45, 7) is 2.12. The Labute approximate surface area is 74.5 Å². The van der Waals surface area contributed by atoms with Crippen LogP contribution in [0.5, 0.6) is 0 Å². The average Bonchev–Trinajstić information content (AvgIpc) is 2.04. The van der Waals surface area contributed by atoms with Crippen molar-refractivity contribution >= 4 is 5.78 Å². The number of carbonyl (C=O) groups is 1. The zero-order valence-electron chi connectivity index (χ0n) is 7.88. The second-order valence-electron chi connectivity index (χ2n) is 4.45. The highest BCUT2D eigenvalue weighted by Gasteiger charge is 2.45. The molecule has 0 radical (unpaired) electrons. The van der Waals surface area contributed by atoms with Gasteiger partial charge < -0.3 is 0 Å². The van der Waals surface area contributed by atoms with Crippen LogP contribution in [0.4, 0.5) is 0 Å². The molecule has 0 spiro atoms. The van der Waals surface area contributed by atoms with Crippen molar-refractivity contribution in [2.45, 2.75) is 45.4 Å². The van der Waals surface area contributed by atoms with Crippen LogP contribution in [0, 0.1) is 17.8 Å². The summed E-state index contributed by atoms with van der Waals surface area (Å²) < 4.78 is 0. The van der Waals surface area contributed by atoms with E-state index in [1.54, 1.807) is 0 Å². The summed E-state index contributed by atoms with van der Waals surface area (Å²) in [6, 6.07) is 0. The summed E-state index contributed by atoms with van der Waals surface area (Å²) in [4.78, 5) is 11.5. The van der Waals surface area contributed by atoms with E-state index >= 15 is 0 Å². The van der Waals surface area contributed by atoms with Crippen molar-refractivity contribution in [2.24, 2.45) is 17.8 Å². The summed E-state index contributed by atoms with van der Waals surface area (Å²) in [5, 5.41) is 0. The van der Waals surface area contributed by atoms with E-state index in [9.17, 15) is 4.79 Å². The Morgan fingerprint density at radius 3 is 2.50 bits per heavy atom. The van der Waals surface area contributed by atoms with Crippen LogP contribution < -0.4 is 0 Å². The van der Waals surface area contributed by atoms with Crippen LogP contribution in [0.25, 0.3) is 0 Å². The van der Waals surface area contributed by atoms with Crippen molar-refractivity contribution < 1.29 is 4.79 Å². The Balaban J connectivity index is 1.98. The van der Waals surface area contributed by atoms with Gasteiger partial charge in [-0.15, -0.1) is 0 Å². The third kappa shape index (κ3) is 1.19. The van der Waals surface area contributed by atoms with Crippen LogP contribution in [-0.2, 0) is 4.79 Å². The maximum absolute atomic E-state index is 11.5. The molecule has 0 aromatic heterocycles. The van der Waals surface area contributed by atoms with Crippen molar-refractivity contribution in [2.75, 3.05) is 0 Å². The molecule has 2 aliphatic carbocycles. The first kappa shape index (κ1) is 8.28. The highest BCUT2D eigenvalue weighted by molar-refractivity contribution is 5.89. The van der Waals surface area contributed by atoms with Crippen molar-refractivity contribution in [3.8, 4) is 0 Å². The van der Waals surface area contributed by atoms with Gasteiger partial charge in [-0.05, 0) is 18.8 Å². The highest BCUT2D eigenvalue weighted by Crippen LogP contribution is 2.44. The van der Waals surface area contributed by atoms with E-state index in [1.165, 1.54) is 38.5 Å². The SMILES string of the molecule is CC1C(=O)C2CCCCCCC12. The minimum absolute atomic E-state index is 0.396. The Morgan fingerprint density at radius 2 is 1.75 bits per heavy atom. The predicted octanol–water partition coefficient (Wildman–Crippen LogP) is 2.79. The van der Waals surface area contributed by atoms with Gasteiger partial charge in [0.25, 0.3) is 0 Å². The molecule has 0 amide bonds. The molecule has 3 atom stereocenters. The second kappa shape index (κ2) is 3.20. The molecule has 2 saturated carbocycles. The Morgan fingerprint density at radius 1 is 1.08 bits per heavy atom. The average molecular weight is 166 g/mol. The number of Topliss-reactive ketones (excluding diaryl/α,β-unsaturated/α-hetero) is 1.